The zero-order valence-corrected chi connectivity index (χ0v) is 12.3. The van der Waals surface area contributed by atoms with E-state index in [1.54, 1.807) is 12.1 Å². The largest absolute Gasteiger partial charge is 0.305 e. The predicted molar refractivity (Wildman–Crippen MR) is 75.0 cm³/mol. The van der Waals surface area contributed by atoms with Gasteiger partial charge < -0.3 is 4.57 Å². The molecular weight excluding hydrogens is 293 g/mol. The molecule has 0 aliphatic carbocycles. The monoisotopic (exact) mass is 305 g/mol. The molecule has 0 amide bonds. The molecule has 21 heavy (non-hydrogen) atoms. The molecule has 0 radical (unpaired) electrons. The van der Waals surface area contributed by atoms with E-state index in [9.17, 15) is 4.39 Å². The lowest BCUT2D eigenvalue weighted by Crippen LogP contribution is -1.95. The van der Waals surface area contributed by atoms with Crippen molar-refractivity contribution in [1.82, 2.24) is 25.1 Å². The second-order valence-electron chi connectivity index (χ2n) is 4.46. The first-order valence-corrected chi connectivity index (χ1v) is 7.20. The van der Waals surface area contributed by atoms with Gasteiger partial charge in [0.1, 0.15) is 17.2 Å². The van der Waals surface area contributed by atoms with Crippen molar-refractivity contribution >= 4 is 11.8 Å². The van der Waals surface area contributed by atoms with E-state index < -0.39 is 0 Å². The van der Waals surface area contributed by atoms with Crippen LogP contribution in [0.15, 0.2) is 34.1 Å². The molecule has 108 valence electrons. The molecule has 0 N–H and O–H groups in total. The van der Waals surface area contributed by atoms with Crippen molar-refractivity contribution in [1.29, 1.82) is 0 Å². The number of rotatable bonds is 4. The highest BCUT2D eigenvalue weighted by Crippen LogP contribution is 2.25. The van der Waals surface area contributed by atoms with Crippen molar-refractivity contribution in [2.45, 2.75) is 17.8 Å². The van der Waals surface area contributed by atoms with Crippen LogP contribution in [-0.4, -0.2) is 25.1 Å². The predicted octanol–water partition coefficient (Wildman–Crippen LogP) is 2.60. The Kier molecular flexibility index (Phi) is 3.70. The molecule has 0 aliphatic heterocycles. The van der Waals surface area contributed by atoms with Crippen LogP contribution in [0.1, 0.15) is 11.4 Å². The third-order valence-corrected chi connectivity index (χ3v) is 4.05. The summed E-state index contributed by atoms with van der Waals surface area (Å²) in [5, 5.41) is 16.6. The van der Waals surface area contributed by atoms with E-state index in [-0.39, 0.29) is 5.82 Å². The van der Waals surface area contributed by atoms with E-state index >= 15 is 0 Å². The topological polar surface area (TPSA) is 69.6 Å². The molecule has 0 atom stereocenters. The van der Waals surface area contributed by atoms with Gasteiger partial charge in [0.25, 0.3) is 0 Å². The van der Waals surface area contributed by atoms with Gasteiger partial charge in [-0.3, -0.25) is 0 Å². The Hall–Kier alpha value is -2.22. The fourth-order valence-corrected chi connectivity index (χ4v) is 2.71. The second kappa shape index (κ2) is 5.65. The van der Waals surface area contributed by atoms with Crippen LogP contribution >= 0.6 is 11.8 Å². The van der Waals surface area contributed by atoms with Gasteiger partial charge in [-0.1, -0.05) is 22.1 Å². The Bertz CT molecular complexity index is 752. The molecule has 3 aromatic rings. The van der Waals surface area contributed by atoms with Gasteiger partial charge in [0.05, 0.1) is 0 Å². The average Bonchev–Trinajstić information content (AvgIpc) is 3.04. The van der Waals surface area contributed by atoms with Gasteiger partial charge in [-0.15, -0.1) is 10.2 Å². The van der Waals surface area contributed by atoms with Gasteiger partial charge in [0.2, 0.25) is 0 Å². The summed E-state index contributed by atoms with van der Waals surface area (Å²) >= 11 is 1.49. The molecule has 0 aliphatic rings. The number of hydrogen-bond acceptors (Lipinski definition) is 6. The summed E-state index contributed by atoms with van der Waals surface area (Å²) in [7, 11) is 1.87. The number of nitrogens with zero attached hydrogens (tertiary/aromatic N) is 5. The van der Waals surface area contributed by atoms with Crippen LogP contribution in [0.25, 0.3) is 11.4 Å². The average molecular weight is 305 g/mol. The molecular formula is C13H12FN5OS. The third kappa shape index (κ3) is 2.80. The standard InChI is InChI=1S/C13H12FN5OS/c1-8-11(18-20-17-8)7-21-13-16-15-12(19(13)2)9-3-5-10(14)6-4-9/h3-6H,7H2,1-2H3. The fraction of sp³-hybridized carbons (Fsp3) is 0.231. The molecule has 6 nitrogen and oxygen atoms in total. The molecule has 1 aromatic carbocycles. The van der Waals surface area contributed by atoms with Crippen molar-refractivity contribution in [3.8, 4) is 11.4 Å². The van der Waals surface area contributed by atoms with Gasteiger partial charge in [-0.25, -0.2) is 9.02 Å². The summed E-state index contributed by atoms with van der Waals surface area (Å²) in [6.07, 6.45) is 0. The second-order valence-corrected chi connectivity index (χ2v) is 5.40. The minimum atomic E-state index is -0.274. The SMILES string of the molecule is Cc1nonc1CSc1nnc(-c2ccc(F)cc2)n1C. The molecule has 3 rings (SSSR count). The van der Waals surface area contributed by atoms with Gasteiger partial charge in [0.15, 0.2) is 11.0 Å². The summed E-state index contributed by atoms with van der Waals surface area (Å²) in [5.74, 6) is 1.02. The van der Waals surface area contributed by atoms with E-state index in [4.69, 9.17) is 0 Å². The minimum absolute atomic E-state index is 0.274. The summed E-state index contributed by atoms with van der Waals surface area (Å²) < 4.78 is 19.5. The summed E-state index contributed by atoms with van der Waals surface area (Å²) in [4.78, 5) is 0. The Morgan fingerprint density at radius 3 is 2.62 bits per heavy atom. The highest BCUT2D eigenvalue weighted by molar-refractivity contribution is 7.98. The Labute approximate surface area is 124 Å². The highest BCUT2D eigenvalue weighted by Gasteiger charge is 2.13. The molecule has 0 saturated heterocycles. The quantitative estimate of drug-likeness (QED) is 0.690. The molecule has 2 heterocycles. The molecule has 0 fully saturated rings. The van der Waals surface area contributed by atoms with Crippen molar-refractivity contribution < 1.29 is 9.02 Å². The van der Waals surface area contributed by atoms with Crippen LogP contribution in [0, 0.1) is 12.7 Å². The maximum atomic E-state index is 13.0. The lowest BCUT2D eigenvalue weighted by atomic mass is 10.2. The van der Waals surface area contributed by atoms with Gasteiger partial charge in [0, 0.05) is 18.4 Å². The zero-order chi connectivity index (χ0) is 14.8. The summed E-state index contributed by atoms with van der Waals surface area (Å²) in [5.41, 5.74) is 2.37. The van der Waals surface area contributed by atoms with Crippen molar-refractivity contribution in [3.05, 3.63) is 41.5 Å². The Morgan fingerprint density at radius 2 is 1.95 bits per heavy atom. The van der Waals surface area contributed by atoms with Crippen LogP contribution in [0.2, 0.25) is 0 Å². The van der Waals surface area contributed by atoms with Gasteiger partial charge >= 0.3 is 0 Å². The third-order valence-electron chi connectivity index (χ3n) is 3.02. The number of hydrogen-bond donors (Lipinski definition) is 0. The smallest absolute Gasteiger partial charge is 0.191 e. The van der Waals surface area contributed by atoms with Crippen molar-refractivity contribution in [2.24, 2.45) is 7.05 Å². The first kappa shape index (κ1) is 13.7. The van der Waals surface area contributed by atoms with E-state index in [0.717, 1.165) is 22.1 Å². The Morgan fingerprint density at radius 1 is 1.19 bits per heavy atom. The molecule has 0 unspecified atom stereocenters. The lowest BCUT2D eigenvalue weighted by molar-refractivity contribution is 0.302. The van der Waals surface area contributed by atoms with Crippen LogP contribution in [0.4, 0.5) is 4.39 Å². The van der Waals surface area contributed by atoms with Gasteiger partial charge in [-0.2, -0.15) is 0 Å². The van der Waals surface area contributed by atoms with Crippen molar-refractivity contribution in [2.75, 3.05) is 0 Å². The molecule has 0 saturated carbocycles. The first-order valence-electron chi connectivity index (χ1n) is 6.21. The van der Waals surface area contributed by atoms with Crippen LogP contribution < -0.4 is 0 Å². The lowest BCUT2D eigenvalue weighted by Gasteiger charge is -2.03. The summed E-state index contributed by atoms with van der Waals surface area (Å²) in [6, 6.07) is 6.17. The number of aromatic nitrogens is 5. The highest BCUT2D eigenvalue weighted by atomic mass is 32.2. The summed E-state index contributed by atoms with van der Waals surface area (Å²) in [6.45, 7) is 1.84. The Balaban J connectivity index is 1.79. The molecule has 2 aromatic heterocycles. The van der Waals surface area contributed by atoms with Crippen LogP contribution in [-0.2, 0) is 12.8 Å². The minimum Gasteiger partial charge on any atom is -0.305 e. The van der Waals surface area contributed by atoms with E-state index in [2.05, 4.69) is 25.1 Å². The molecule has 0 bridgehead atoms. The van der Waals surface area contributed by atoms with E-state index in [1.807, 2.05) is 18.5 Å². The number of aryl methyl sites for hydroxylation is 1. The van der Waals surface area contributed by atoms with Crippen LogP contribution in [0.3, 0.4) is 0 Å². The van der Waals surface area contributed by atoms with E-state index in [0.29, 0.717) is 11.6 Å². The molecule has 0 spiro atoms. The van der Waals surface area contributed by atoms with Crippen molar-refractivity contribution in [3.63, 3.8) is 0 Å². The zero-order valence-electron chi connectivity index (χ0n) is 11.4. The number of thioether (sulfide) groups is 1. The first-order chi connectivity index (χ1) is 10.1. The maximum absolute atomic E-state index is 13.0. The van der Waals surface area contributed by atoms with Crippen LogP contribution in [0.5, 0.6) is 0 Å². The maximum Gasteiger partial charge on any atom is 0.191 e. The molecule has 8 heteroatoms. The van der Waals surface area contributed by atoms with Gasteiger partial charge in [-0.05, 0) is 31.2 Å². The van der Waals surface area contributed by atoms with E-state index in [1.165, 1.54) is 23.9 Å². The number of halogens is 1. The number of benzene rings is 1. The normalized spacial score (nSPS) is 11.0. The fourth-order valence-electron chi connectivity index (χ4n) is 1.80.